The maximum absolute atomic E-state index is 11.9. The summed E-state index contributed by atoms with van der Waals surface area (Å²) in [5.74, 6) is 0.551. The zero-order valence-electron chi connectivity index (χ0n) is 11.7. The van der Waals surface area contributed by atoms with Crippen molar-refractivity contribution in [3.05, 3.63) is 22.3 Å². The first-order valence-corrected chi connectivity index (χ1v) is 7.51. The SMILES string of the molecule is C[C@H]1CN(C(=O)NCCNc2ncc(Cl)cc2Cl)CCO1. The Balaban J connectivity index is 1.70. The van der Waals surface area contributed by atoms with Crippen molar-refractivity contribution in [2.75, 3.05) is 38.1 Å². The summed E-state index contributed by atoms with van der Waals surface area (Å²) in [6, 6.07) is 1.54. The minimum atomic E-state index is -0.0814. The van der Waals surface area contributed by atoms with E-state index < -0.39 is 0 Å². The summed E-state index contributed by atoms with van der Waals surface area (Å²) < 4.78 is 5.40. The number of nitrogens with one attached hydrogen (secondary N) is 2. The molecule has 6 nitrogen and oxygen atoms in total. The highest BCUT2D eigenvalue weighted by molar-refractivity contribution is 6.35. The van der Waals surface area contributed by atoms with Crippen molar-refractivity contribution in [3.63, 3.8) is 0 Å². The monoisotopic (exact) mass is 332 g/mol. The van der Waals surface area contributed by atoms with E-state index in [2.05, 4.69) is 15.6 Å². The van der Waals surface area contributed by atoms with Crippen LogP contribution in [0.1, 0.15) is 6.92 Å². The molecule has 0 aromatic carbocycles. The maximum Gasteiger partial charge on any atom is 0.317 e. The normalized spacial score (nSPS) is 18.4. The number of halogens is 2. The molecule has 1 fully saturated rings. The van der Waals surface area contributed by atoms with Gasteiger partial charge in [0.25, 0.3) is 0 Å². The van der Waals surface area contributed by atoms with Crippen LogP contribution in [0.2, 0.25) is 10.0 Å². The fourth-order valence-electron chi connectivity index (χ4n) is 2.01. The number of urea groups is 1. The van der Waals surface area contributed by atoms with Gasteiger partial charge in [-0.2, -0.15) is 0 Å². The Bertz CT molecular complexity index is 501. The summed E-state index contributed by atoms with van der Waals surface area (Å²) in [5, 5.41) is 6.83. The average molecular weight is 333 g/mol. The second-order valence-electron chi connectivity index (χ2n) is 4.77. The Kier molecular flexibility index (Phi) is 5.90. The number of aromatic nitrogens is 1. The lowest BCUT2D eigenvalue weighted by atomic mass is 10.3. The van der Waals surface area contributed by atoms with E-state index in [0.717, 1.165) is 0 Å². The molecule has 2 heterocycles. The largest absolute Gasteiger partial charge is 0.375 e. The molecule has 0 unspecified atom stereocenters. The van der Waals surface area contributed by atoms with Gasteiger partial charge in [-0.3, -0.25) is 0 Å². The van der Waals surface area contributed by atoms with E-state index in [-0.39, 0.29) is 12.1 Å². The van der Waals surface area contributed by atoms with Gasteiger partial charge in [-0.25, -0.2) is 9.78 Å². The van der Waals surface area contributed by atoms with Crippen LogP contribution < -0.4 is 10.6 Å². The molecule has 1 aromatic heterocycles. The quantitative estimate of drug-likeness (QED) is 0.830. The number of rotatable bonds is 4. The number of pyridine rings is 1. The van der Waals surface area contributed by atoms with Crippen LogP contribution in [0.4, 0.5) is 10.6 Å². The number of morpholine rings is 1. The minimum absolute atomic E-state index is 0.0814. The molecule has 0 bridgehead atoms. The highest BCUT2D eigenvalue weighted by Crippen LogP contribution is 2.21. The molecule has 2 N–H and O–H groups in total. The van der Waals surface area contributed by atoms with Gasteiger partial charge in [0.05, 0.1) is 22.8 Å². The summed E-state index contributed by atoms with van der Waals surface area (Å²) in [7, 11) is 0. The Morgan fingerprint density at radius 1 is 1.52 bits per heavy atom. The fourth-order valence-corrected chi connectivity index (χ4v) is 2.46. The van der Waals surface area contributed by atoms with Gasteiger partial charge >= 0.3 is 6.03 Å². The smallest absolute Gasteiger partial charge is 0.317 e. The number of carbonyl (C=O) groups excluding carboxylic acids is 1. The van der Waals surface area contributed by atoms with Crippen molar-refractivity contribution in [2.45, 2.75) is 13.0 Å². The van der Waals surface area contributed by atoms with Gasteiger partial charge in [-0.15, -0.1) is 0 Å². The van der Waals surface area contributed by atoms with Crippen LogP contribution in [0, 0.1) is 0 Å². The first-order valence-electron chi connectivity index (χ1n) is 6.75. The number of nitrogens with zero attached hydrogens (tertiary/aromatic N) is 2. The van der Waals surface area contributed by atoms with E-state index in [9.17, 15) is 4.79 Å². The van der Waals surface area contributed by atoms with Crippen LogP contribution in [0.25, 0.3) is 0 Å². The molecule has 0 saturated carbocycles. The number of carbonyl (C=O) groups is 1. The van der Waals surface area contributed by atoms with Crippen LogP contribution in [0.5, 0.6) is 0 Å². The van der Waals surface area contributed by atoms with E-state index in [4.69, 9.17) is 27.9 Å². The highest BCUT2D eigenvalue weighted by Gasteiger charge is 2.20. The zero-order valence-corrected chi connectivity index (χ0v) is 13.2. The molecular weight excluding hydrogens is 315 g/mol. The van der Waals surface area contributed by atoms with Gasteiger partial charge in [-0.1, -0.05) is 23.2 Å². The number of hydrogen-bond acceptors (Lipinski definition) is 4. The summed E-state index contributed by atoms with van der Waals surface area (Å²) in [6.45, 7) is 4.77. The Morgan fingerprint density at radius 3 is 3.05 bits per heavy atom. The van der Waals surface area contributed by atoms with Gasteiger partial charge in [0.15, 0.2) is 0 Å². The summed E-state index contributed by atoms with van der Waals surface area (Å²) >= 11 is 11.8. The molecule has 0 radical (unpaired) electrons. The van der Waals surface area contributed by atoms with Crippen molar-refractivity contribution in [1.82, 2.24) is 15.2 Å². The Morgan fingerprint density at radius 2 is 2.33 bits per heavy atom. The molecule has 2 rings (SSSR count). The average Bonchev–Trinajstić information content (AvgIpc) is 2.45. The standard InChI is InChI=1S/C13H18Cl2N4O2/c1-9-8-19(4-5-21-9)13(20)17-3-2-16-12-11(15)6-10(14)7-18-12/h6-7,9H,2-5,8H2,1H3,(H,16,18)(H,17,20)/t9-/m0/s1. The number of anilines is 1. The molecule has 1 atom stereocenters. The first kappa shape index (κ1) is 16.1. The van der Waals surface area contributed by atoms with Gasteiger partial charge in [-0.05, 0) is 13.0 Å². The van der Waals surface area contributed by atoms with Gasteiger partial charge < -0.3 is 20.3 Å². The van der Waals surface area contributed by atoms with E-state index in [1.165, 1.54) is 6.20 Å². The van der Waals surface area contributed by atoms with Crippen LogP contribution in [0.15, 0.2) is 12.3 Å². The predicted molar refractivity (Wildman–Crippen MR) is 83.1 cm³/mol. The van der Waals surface area contributed by atoms with Crippen molar-refractivity contribution in [3.8, 4) is 0 Å². The molecule has 1 aliphatic rings. The zero-order chi connectivity index (χ0) is 15.2. The second kappa shape index (κ2) is 7.68. The van der Waals surface area contributed by atoms with Crippen LogP contribution in [0.3, 0.4) is 0 Å². The fraction of sp³-hybridized carbons (Fsp3) is 0.538. The lowest BCUT2D eigenvalue weighted by Gasteiger charge is -2.31. The second-order valence-corrected chi connectivity index (χ2v) is 5.61. The van der Waals surface area contributed by atoms with E-state index >= 15 is 0 Å². The highest BCUT2D eigenvalue weighted by atomic mass is 35.5. The maximum atomic E-state index is 11.9. The summed E-state index contributed by atoms with van der Waals surface area (Å²) in [6.07, 6.45) is 1.60. The van der Waals surface area contributed by atoms with E-state index in [0.29, 0.717) is 48.6 Å². The van der Waals surface area contributed by atoms with Crippen molar-refractivity contribution < 1.29 is 9.53 Å². The predicted octanol–water partition coefficient (Wildman–Crippen LogP) is 2.23. The summed E-state index contributed by atoms with van der Waals surface area (Å²) in [4.78, 5) is 17.8. The third kappa shape index (κ3) is 4.91. The van der Waals surface area contributed by atoms with E-state index in [1.807, 2.05) is 6.92 Å². The molecule has 8 heteroatoms. The van der Waals surface area contributed by atoms with Gasteiger partial charge in [0, 0.05) is 32.4 Å². The molecule has 1 aromatic rings. The van der Waals surface area contributed by atoms with Crippen molar-refractivity contribution >= 4 is 35.1 Å². The molecule has 0 spiro atoms. The molecule has 1 saturated heterocycles. The van der Waals surface area contributed by atoms with Crippen LogP contribution in [-0.4, -0.2) is 54.8 Å². The molecular formula is C13H18Cl2N4O2. The first-order chi connectivity index (χ1) is 10.1. The van der Waals surface area contributed by atoms with Crippen LogP contribution in [-0.2, 0) is 4.74 Å². The third-order valence-corrected chi connectivity index (χ3v) is 3.52. The van der Waals surface area contributed by atoms with Crippen molar-refractivity contribution in [2.24, 2.45) is 0 Å². The summed E-state index contributed by atoms with van der Waals surface area (Å²) in [5.41, 5.74) is 0. The van der Waals surface area contributed by atoms with Crippen molar-refractivity contribution in [1.29, 1.82) is 0 Å². The third-order valence-electron chi connectivity index (χ3n) is 3.03. The molecule has 116 valence electrons. The van der Waals surface area contributed by atoms with E-state index in [1.54, 1.807) is 11.0 Å². The molecule has 1 aliphatic heterocycles. The molecule has 2 amide bonds. The van der Waals surface area contributed by atoms with Crippen LogP contribution >= 0.6 is 23.2 Å². The van der Waals surface area contributed by atoms with Gasteiger partial charge in [0.1, 0.15) is 5.82 Å². The lowest BCUT2D eigenvalue weighted by molar-refractivity contribution is -0.00340. The minimum Gasteiger partial charge on any atom is -0.375 e. The Hall–Kier alpha value is -1.24. The number of hydrogen-bond donors (Lipinski definition) is 2. The Labute approximate surface area is 133 Å². The number of amides is 2. The molecule has 21 heavy (non-hydrogen) atoms. The topological polar surface area (TPSA) is 66.5 Å². The molecule has 0 aliphatic carbocycles. The lowest BCUT2D eigenvalue weighted by Crippen LogP contribution is -2.49. The number of ether oxygens (including phenoxy) is 1. The van der Waals surface area contributed by atoms with Gasteiger partial charge in [0.2, 0.25) is 0 Å².